The molecule has 0 unspecified atom stereocenters. The zero-order valence-corrected chi connectivity index (χ0v) is 17.4. The number of benzene rings is 2. The summed E-state index contributed by atoms with van der Waals surface area (Å²) in [7, 11) is 0. The van der Waals surface area contributed by atoms with E-state index in [0.717, 1.165) is 6.07 Å². The predicted octanol–water partition coefficient (Wildman–Crippen LogP) is 3.49. The maximum absolute atomic E-state index is 13.9. The Morgan fingerprint density at radius 3 is 2.56 bits per heavy atom. The Balaban J connectivity index is 1.73. The zero-order valence-electron chi connectivity index (χ0n) is 17.4. The van der Waals surface area contributed by atoms with E-state index in [1.54, 1.807) is 38.1 Å². The number of carbonyl (C=O) groups is 2. The number of para-hydroxylation sites is 2. The number of H-pyrrole nitrogens is 1. The lowest BCUT2D eigenvalue weighted by atomic mass is 10.0. The van der Waals surface area contributed by atoms with E-state index in [4.69, 9.17) is 4.74 Å². The van der Waals surface area contributed by atoms with Crippen molar-refractivity contribution in [1.29, 1.82) is 5.26 Å². The largest absolute Gasteiger partial charge is 0.507 e. The first-order valence-corrected chi connectivity index (χ1v) is 9.81. The van der Waals surface area contributed by atoms with E-state index in [-0.39, 0.29) is 22.9 Å². The summed E-state index contributed by atoms with van der Waals surface area (Å²) in [5.74, 6) is -3.06. The fourth-order valence-electron chi connectivity index (χ4n) is 2.99. The van der Waals surface area contributed by atoms with Crippen LogP contribution in [0.5, 0.6) is 0 Å². The highest BCUT2D eigenvalue weighted by Gasteiger charge is 2.27. The van der Waals surface area contributed by atoms with E-state index in [0.29, 0.717) is 11.0 Å². The number of fused-ring (bicyclic) bond motifs is 1. The molecule has 1 heterocycles. The molecule has 2 aromatic carbocycles. The van der Waals surface area contributed by atoms with Crippen LogP contribution in [-0.2, 0) is 9.53 Å². The Morgan fingerprint density at radius 2 is 1.91 bits per heavy atom. The van der Waals surface area contributed by atoms with Gasteiger partial charge >= 0.3 is 5.97 Å². The molecule has 1 atom stereocenters. The zero-order chi connectivity index (χ0) is 23.3. The Kier molecular flexibility index (Phi) is 6.85. The molecule has 3 N–H and O–H groups in total. The standard InChI is InChI=1S/C23H21FN4O4/c1-13(2)20(28-22(30)14-7-3-4-8-16(14)24)23(31)32-12-19(29)15(11-25)21-26-17-9-5-6-10-18(17)27-21/h3-10,13,20,29H,12H2,1-2H3,(H,26,27)(H,28,30)/t20-/m0/s1. The summed E-state index contributed by atoms with van der Waals surface area (Å²) in [4.78, 5) is 32.1. The second-order valence-electron chi connectivity index (χ2n) is 7.32. The van der Waals surface area contributed by atoms with Gasteiger partial charge in [-0.1, -0.05) is 38.1 Å². The summed E-state index contributed by atoms with van der Waals surface area (Å²) >= 11 is 0. The van der Waals surface area contributed by atoms with Crippen molar-refractivity contribution in [3.05, 3.63) is 71.5 Å². The SMILES string of the molecule is CC(C)[C@H](NC(=O)c1ccccc1F)C(=O)OCC(O)=C(C#N)c1nc2ccccc2[nH]1. The number of aliphatic hydroxyl groups excluding tert-OH is 1. The summed E-state index contributed by atoms with van der Waals surface area (Å²) in [5.41, 5.74) is 0.905. The van der Waals surface area contributed by atoms with Crippen LogP contribution >= 0.6 is 0 Å². The van der Waals surface area contributed by atoms with Crippen LogP contribution in [0.2, 0.25) is 0 Å². The second-order valence-corrected chi connectivity index (χ2v) is 7.32. The van der Waals surface area contributed by atoms with Gasteiger partial charge in [0.05, 0.1) is 16.6 Å². The molecule has 0 fully saturated rings. The molecule has 0 saturated carbocycles. The van der Waals surface area contributed by atoms with E-state index >= 15 is 0 Å². The molecular formula is C23H21FN4O4. The van der Waals surface area contributed by atoms with Gasteiger partial charge in [-0.3, -0.25) is 4.79 Å². The van der Waals surface area contributed by atoms with Gasteiger partial charge in [0.2, 0.25) is 0 Å². The monoisotopic (exact) mass is 436 g/mol. The molecule has 3 rings (SSSR count). The van der Waals surface area contributed by atoms with Crippen molar-refractivity contribution >= 4 is 28.5 Å². The number of imidazole rings is 1. The number of amides is 1. The number of nitrogens with zero attached hydrogens (tertiary/aromatic N) is 2. The summed E-state index contributed by atoms with van der Waals surface area (Å²) in [6, 6.07) is 13.2. The Bertz CT molecular complexity index is 1190. The lowest BCUT2D eigenvalue weighted by molar-refractivity contribution is -0.146. The average Bonchev–Trinajstić information content (AvgIpc) is 3.20. The molecule has 0 aliphatic rings. The van der Waals surface area contributed by atoms with Gasteiger partial charge in [0.25, 0.3) is 5.91 Å². The fraction of sp³-hybridized carbons (Fsp3) is 0.217. The number of rotatable bonds is 7. The molecule has 8 nitrogen and oxygen atoms in total. The molecule has 0 spiro atoms. The molecule has 0 aliphatic heterocycles. The third kappa shape index (κ3) is 4.92. The quantitative estimate of drug-likeness (QED) is 0.295. The van der Waals surface area contributed by atoms with Crippen LogP contribution in [0.25, 0.3) is 16.6 Å². The number of halogens is 1. The maximum atomic E-state index is 13.9. The summed E-state index contributed by atoms with van der Waals surface area (Å²) in [6.45, 7) is 2.76. The van der Waals surface area contributed by atoms with Gasteiger partial charge in [-0.15, -0.1) is 0 Å². The third-order valence-corrected chi connectivity index (χ3v) is 4.70. The van der Waals surface area contributed by atoms with Crippen molar-refractivity contribution in [3.63, 3.8) is 0 Å². The smallest absolute Gasteiger partial charge is 0.329 e. The minimum atomic E-state index is -1.09. The molecule has 0 radical (unpaired) electrons. The van der Waals surface area contributed by atoms with Gasteiger partial charge < -0.3 is 20.1 Å². The van der Waals surface area contributed by atoms with E-state index < -0.39 is 36.1 Å². The highest BCUT2D eigenvalue weighted by molar-refractivity contribution is 5.97. The van der Waals surface area contributed by atoms with Gasteiger partial charge in [-0.05, 0) is 30.2 Å². The topological polar surface area (TPSA) is 128 Å². The lowest BCUT2D eigenvalue weighted by Crippen LogP contribution is -2.45. The van der Waals surface area contributed by atoms with Crippen LogP contribution in [0, 0.1) is 23.1 Å². The first kappa shape index (κ1) is 22.5. The van der Waals surface area contributed by atoms with Crippen LogP contribution in [-0.4, -0.2) is 39.6 Å². The maximum Gasteiger partial charge on any atom is 0.329 e. The molecule has 3 aromatic rings. The summed E-state index contributed by atoms with van der Waals surface area (Å²) < 4.78 is 19.0. The van der Waals surface area contributed by atoms with Crippen molar-refractivity contribution in [3.8, 4) is 6.07 Å². The number of aromatic nitrogens is 2. The number of ether oxygens (including phenoxy) is 1. The van der Waals surface area contributed by atoms with Crippen molar-refractivity contribution in [2.24, 2.45) is 5.92 Å². The average molecular weight is 436 g/mol. The van der Waals surface area contributed by atoms with E-state index in [2.05, 4.69) is 15.3 Å². The number of carbonyl (C=O) groups excluding carboxylic acids is 2. The van der Waals surface area contributed by atoms with Crippen LogP contribution in [0.15, 0.2) is 54.3 Å². The van der Waals surface area contributed by atoms with Gasteiger partial charge in [0.15, 0.2) is 11.6 Å². The van der Waals surface area contributed by atoms with E-state index in [9.17, 15) is 24.3 Å². The van der Waals surface area contributed by atoms with E-state index in [1.807, 2.05) is 6.07 Å². The molecular weight excluding hydrogens is 415 g/mol. The summed E-state index contributed by atoms with van der Waals surface area (Å²) in [5, 5.41) is 22.2. The minimum absolute atomic E-state index is 0.135. The molecule has 0 bridgehead atoms. The number of aliphatic hydroxyl groups is 1. The van der Waals surface area contributed by atoms with Crippen LogP contribution in [0.4, 0.5) is 4.39 Å². The molecule has 1 aromatic heterocycles. The number of nitriles is 1. The van der Waals surface area contributed by atoms with E-state index in [1.165, 1.54) is 18.2 Å². The van der Waals surface area contributed by atoms with Crippen molar-refractivity contribution in [2.45, 2.75) is 19.9 Å². The normalized spacial score (nSPS) is 12.7. The first-order chi connectivity index (χ1) is 15.3. The van der Waals surface area contributed by atoms with Crippen molar-refractivity contribution in [1.82, 2.24) is 15.3 Å². The minimum Gasteiger partial charge on any atom is -0.507 e. The van der Waals surface area contributed by atoms with Gasteiger partial charge in [0, 0.05) is 0 Å². The molecule has 164 valence electrons. The van der Waals surface area contributed by atoms with Crippen LogP contribution in [0.1, 0.15) is 30.0 Å². The highest BCUT2D eigenvalue weighted by Crippen LogP contribution is 2.19. The fourth-order valence-corrected chi connectivity index (χ4v) is 2.99. The molecule has 0 aliphatic carbocycles. The van der Waals surface area contributed by atoms with Gasteiger partial charge in [0.1, 0.15) is 30.1 Å². The molecule has 0 saturated heterocycles. The number of allylic oxidation sites excluding steroid dienone is 1. The lowest BCUT2D eigenvalue weighted by Gasteiger charge is -2.21. The summed E-state index contributed by atoms with van der Waals surface area (Å²) in [6.07, 6.45) is 0. The number of hydrogen-bond acceptors (Lipinski definition) is 6. The molecule has 32 heavy (non-hydrogen) atoms. The second kappa shape index (κ2) is 9.75. The van der Waals surface area contributed by atoms with Crippen molar-refractivity contribution < 1.29 is 23.8 Å². The van der Waals surface area contributed by atoms with Gasteiger partial charge in [-0.25, -0.2) is 14.2 Å². The number of hydrogen-bond donors (Lipinski definition) is 3. The first-order valence-electron chi connectivity index (χ1n) is 9.81. The Hall–Kier alpha value is -4.19. The molecule has 1 amide bonds. The number of esters is 1. The Morgan fingerprint density at radius 1 is 1.22 bits per heavy atom. The van der Waals surface area contributed by atoms with Crippen LogP contribution in [0.3, 0.4) is 0 Å². The molecule has 9 heteroatoms. The Labute approximate surface area is 183 Å². The third-order valence-electron chi connectivity index (χ3n) is 4.70. The number of aromatic amines is 1. The number of nitrogens with one attached hydrogen (secondary N) is 2. The predicted molar refractivity (Wildman–Crippen MR) is 115 cm³/mol. The van der Waals surface area contributed by atoms with Gasteiger partial charge in [-0.2, -0.15) is 5.26 Å². The van der Waals surface area contributed by atoms with Crippen molar-refractivity contribution in [2.75, 3.05) is 6.61 Å². The highest BCUT2D eigenvalue weighted by atomic mass is 19.1. The van der Waals surface area contributed by atoms with Crippen LogP contribution < -0.4 is 5.32 Å².